The van der Waals surface area contributed by atoms with Gasteiger partial charge in [-0.3, -0.25) is 4.90 Å². The van der Waals surface area contributed by atoms with E-state index in [1.807, 2.05) is 6.92 Å². The first-order valence-corrected chi connectivity index (χ1v) is 9.55. The van der Waals surface area contributed by atoms with Crippen LogP contribution in [-0.4, -0.2) is 50.5 Å². The third kappa shape index (κ3) is 5.09. The van der Waals surface area contributed by atoms with Crippen LogP contribution >= 0.6 is 0 Å². The van der Waals surface area contributed by atoms with E-state index in [1.54, 1.807) is 0 Å². The summed E-state index contributed by atoms with van der Waals surface area (Å²) in [6, 6.07) is 8.79. The topological polar surface area (TPSA) is 49.4 Å². The van der Waals surface area contributed by atoms with Gasteiger partial charge in [-0.15, -0.1) is 0 Å². The van der Waals surface area contributed by atoms with Crippen LogP contribution in [0.25, 0.3) is 0 Å². The van der Waals surface area contributed by atoms with E-state index in [1.165, 1.54) is 11.1 Å². The maximum Gasteiger partial charge on any atom is 0.153 e. The van der Waals surface area contributed by atoms with Gasteiger partial charge in [-0.2, -0.15) is 0 Å². The smallest absolute Gasteiger partial charge is 0.153 e. The van der Waals surface area contributed by atoms with Crippen LogP contribution in [0.15, 0.2) is 24.3 Å². The fourth-order valence-electron chi connectivity index (χ4n) is 2.72. The lowest BCUT2D eigenvalue weighted by molar-refractivity contribution is 0.218. The van der Waals surface area contributed by atoms with Crippen LogP contribution in [0.5, 0.6) is 0 Å². The van der Waals surface area contributed by atoms with Crippen molar-refractivity contribution in [1.29, 1.82) is 0 Å². The van der Waals surface area contributed by atoms with Gasteiger partial charge in [0.2, 0.25) is 0 Å². The lowest BCUT2D eigenvalue weighted by Gasteiger charge is -2.33. The molecule has 1 aliphatic rings. The molecule has 1 heterocycles. The molecular formula is C16H26N2O2S. The van der Waals surface area contributed by atoms with Crippen molar-refractivity contribution in [3.8, 4) is 0 Å². The Morgan fingerprint density at radius 1 is 1.24 bits per heavy atom. The number of nitrogens with zero attached hydrogens (tertiary/aromatic N) is 1. The minimum atomic E-state index is -2.83. The van der Waals surface area contributed by atoms with Crippen LogP contribution in [0.1, 0.15) is 25.0 Å². The third-order valence-electron chi connectivity index (χ3n) is 4.06. The van der Waals surface area contributed by atoms with Gasteiger partial charge in [0, 0.05) is 19.1 Å². The van der Waals surface area contributed by atoms with Crippen molar-refractivity contribution in [1.82, 2.24) is 10.2 Å². The normalized spacial score (nSPS) is 22.3. The lowest BCUT2D eigenvalue weighted by Crippen LogP contribution is -2.46. The van der Waals surface area contributed by atoms with Crippen molar-refractivity contribution in [2.75, 3.05) is 31.1 Å². The molecule has 1 fully saturated rings. The Balaban J connectivity index is 1.88. The zero-order valence-electron chi connectivity index (χ0n) is 13.0. The van der Waals surface area contributed by atoms with Crippen molar-refractivity contribution in [3.63, 3.8) is 0 Å². The van der Waals surface area contributed by atoms with E-state index in [4.69, 9.17) is 0 Å². The highest BCUT2D eigenvalue weighted by Crippen LogP contribution is 2.15. The summed E-state index contributed by atoms with van der Waals surface area (Å²) in [5, 5.41) is 3.33. The minimum absolute atomic E-state index is 0.109. The molecule has 1 aromatic rings. The first-order valence-electron chi connectivity index (χ1n) is 7.73. The van der Waals surface area contributed by atoms with E-state index < -0.39 is 9.84 Å². The van der Waals surface area contributed by atoms with Crippen molar-refractivity contribution < 1.29 is 8.42 Å². The van der Waals surface area contributed by atoms with Crippen LogP contribution in [-0.2, 0) is 22.8 Å². The van der Waals surface area contributed by atoms with E-state index in [9.17, 15) is 8.42 Å². The summed E-state index contributed by atoms with van der Waals surface area (Å²) in [5.74, 6) is 0.575. The zero-order chi connectivity index (χ0) is 15.3. The molecule has 1 aliphatic heterocycles. The molecular weight excluding hydrogens is 284 g/mol. The summed E-state index contributed by atoms with van der Waals surface area (Å²) in [5.41, 5.74) is 2.60. The molecule has 0 aromatic heterocycles. The van der Waals surface area contributed by atoms with Gasteiger partial charge in [0.25, 0.3) is 0 Å². The summed E-state index contributed by atoms with van der Waals surface area (Å²) in [4.78, 5) is 2.26. The number of benzene rings is 1. The first-order chi connectivity index (χ1) is 10.00. The number of hydrogen-bond acceptors (Lipinski definition) is 4. The Labute approximate surface area is 128 Å². The summed E-state index contributed by atoms with van der Waals surface area (Å²) < 4.78 is 23.2. The van der Waals surface area contributed by atoms with Gasteiger partial charge >= 0.3 is 0 Å². The summed E-state index contributed by atoms with van der Waals surface area (Å²) in [7, 11) is -2.83. The minimum Gasteiger partial charge on any atom is -0.317 e. The second-order valence-corrected chi connectivity index (χ2v) is 8.08. The maximum atomic E-state index is 11.6. The van der Waals surface area contributed by atoms with E-state index in [0.29, 0.717) is 6.54 Å². The zero-order valence-corrected chi connectivity index (χ0v) is 13.8. The van der Waals surface area contributed by atoms with Crippen molar-refractivity contribution in [2.24, 2.45) is 0 Å². The molecule has 0 aliphatic carbocycles. The molecule has 118 valence electrons. The number of rotatable bonds is 6. The van der Waals surface area contributed by atoms with Gasteiger partial charge < -0.3 is 5.32 Å². The van der Waals surface area contributed by atoms with E-state index in [-0.39, 0.29) is 17.5 Å². The molecule has 0 bridgehead atoms. The average molecular weight is 310 g/mol. The molecule has 0 saturated carbocycles. The van der Waals surface area contributed by atoms with Gasteiger partial charge in [-0.1, -0.05) is 31.2 Å². The number of nitrogens with one attached hydrogen (secondary N) is 1. The molecule has 0 amide bonds. The summed E-state index contributed by atoms with van der Waals surface area (Å²) >= 11 is 0. The van der Waals surface area contributed by atoms with Crippen LogP contribution < -0.4 is 5.32 Å². The number of sulfone groups is 1. The van der Waals surface area contributed by atoms with Crippen molar-refractivity contribution in [3.05, 3.63) is 35.4 Å². The van der Waals surface area contributed by atoms with Crippen molar-refractivity contribution >= 4 is 9.84 Å². The Morgan fingerprint density at radius 3 is 2.52 bits per heavy atom. The highest BCUT2D eigenvalue weighted by atomic mass is 32.2. The van der Waals surface area contributed by atoms with Gasteiger partial charge in [-0.05, 0) is 37.6 Å². The Morgan fingerprint density at radius 2 is 1.90 bits per heavy atom. The second kappa shape index (κ2) is 7.38. The van der Waals surface area contributed by atoms with Crippen LogP contribution in [0.2, 0.25) is 0 Å². The van der Waals surface area contributed by atoms with Gasteiger partial charge in [-0.25, -0.2) is 8.42 Å². The van der Waals surface area contributed by atoms with Gasteiger partial charge in [0.05, 0.1) is 11.5 Å². The first kappa shape index (κ1) is 16.5. The quantitative estimate of drug-likeness (QED) is 0.808. The highest BCUT2D eigenvalue weighted by Gasteiger charge is 2.27. The Hall–Kier alpha value is -0.910. The Bertz CT molecular complexity index is 540. The summed E-state index contributed by atoms with van der Waals surface area (Å²) in [6.45, 7) is 7.62. The lowest BCUT2D eigenvalue weighted by atomic mass is 10.1. The predicted molar refractivity (Wildman–Crippen MR) is 87.2 cm³/mol. The van der Waals surface area contributed by atoms with Crippen LogP contribution in [0, 0.1) is 0 Å². The fraction of sp³-hybridized carbons (Fsp3) is 0.625. The summed E-state index contributed by atoms with van der Waals surface area (Å²) in [6.07, 6.45) is 1.05. The number of likely N-dealkylation sites (N-methyl/N-ethyl adjacent to an activating group) is 1. The fourth-order valence-corrected chi connectivity index (χ4v) is 4.35. The molecule has 1 unspecified atom stereocenters. The molecule has 1 saturated heterocycles. The van der Waals surface area contributed by atoms with Gasteiger partial charge in [0.15, 0.2) is 9.84 Å². The molecule has 0 radical (unpaired) electrons. The molecule has 1 atom stereocenters. The molecule has 1 N–H and O–H groups in total. The molecule has 5 heteroatoms. The van der Waals surface area contributed by atoms with E-state index in [0.717, 1.165) is 26.1 Å². The molecule has 21 heavy (non-hydrogen) atoms. The molecule has 0 spiro atoms. The monoisotopic (exact) mass is 310 g/mol. The highest BCUT2D eigenvalue weighted by molar-refractivity contribution is 7.91. The molecule has 2 rings (SSSR count). The SMILES string of the molecule is CCNCCc1ccc(CN2CCS(=O)(=O)CC2C)cc1. The van der Waals surface area contributed by atoms with Gasteiger partial charge in [0.1, 0.15) is 0 Å². The van der Waals surface area contributed by atoms with Crippen molar-refractivity contribution in [2.45, 2.75) is 32.9 Å². The van der Waals surface area contributed by atoms with Crippen LogP contribution in [0.3, 0.4) is 0 Å². The number of hydrogen-bond donors (Lipinski definition) is 1. The Kier molecular flexibility index (Phi) is 5.79. The standard InChI is InChI=1S/C16H26N2O2S/c1-3-17-9-8-15-4-6-16(7-5-15)12-18-10-11-21(19,20)13-14(18)2/h4-7,14,17H,3,8-13H2,1-2H3. The maximum absolute atomic E-state index is 11.6. The average Bonchev–Trinajstić information content (AvgIpc) is 2.43. The largest absolute Gasteiger partial charge is 0.317 e. The van der Waals surface area contributed by atoms with E-state index in [2.05, 4.69) is 41.4 Å². The molecule has 1 aromatic carbocycles. The molecule has 4 nitrogen and oxygen atoms in total. The van der Waals surface area contributed by atoms with Crippen LogP contribution in [0.4, 0.5) is 0 Å². The second-order valence-electron chi connectivity index (χ2n) is 5.85. The predicted octanol–water partition coefficient (Wildman–Crippen LogP) is 1.46. The third-order valence-corrected chi connectivity index (χ3v) is 5.85. The van der Waals surface area contributed by atoms with E-state index >= 15 is 0 Å².